The van der Waals surface area contributed by atoms with E-state index in [1.54, 1.807) is 7.05 Å². The third kappa shape index (κ3) is 2.34. The molecule has 5 heteroatoms. The Kier molecular flexibility index (Phi) is 2.70. The minimum atomic E-state index is -0.401. The van der Waals surface area contributed by atoms with Gasteiger partial charge in [0.15, 0.2) is 11.6 Å². The summed E-state index contributed by atoms with van der Waals surface area (Å²) in [5.41, 5.74) is 0. The number of nitrogens with one attached hydrogen (secondary N) is 2. The predicted octanol–water partition coefficient (Wildman–Crippen LogP) is 1.73. The number of aromatic nitrogens is 2. The molecule has 0 spiro atoms. The Morgan fingerprint density at radius 3 is 2.93 bits per heavy atom. The van der Waals surface area contributed by atoms with E-state index in [-0.39, 0.29) is 5.82 Å². The summed E-state index contributed by atoms with van der Waals surface area (Å²) >= 11 is 0. The number of hydrogen-bond donors (Lipinski definition) is 2. The monoisotopic (exact) mass is 210 g/mol. The normalized spacial score (nSPS) is 23.7. The number of rotatable bonds is 4. The summed E-state index contributed by atoms with van der Waals surface area (Å²) in [6.07, 6.45) is 2.40. The lowest BCUT2D eigenvalue weighted by Gasteiger charge is -2.06. The third-order valence-corrected chi connectivity index (χ3v) is 2.78. The van der Waals surface area contributed by atoms with E-state index >= 15 is 0 Å². The minimum absolute atomic E-state index is 0.286. The largest absolute Gasteiger partial charge is 0.367 e. The van der Waals surface area contributed by atoms with Crippen LogP contribution in [0.3, 0.4) is 0 Å². The first-order valence-corrected chi connectivity index (χ1v) is 5.15. The van der Waals surface area contributed by atoms with Gasteiger partial charge in [-0.25, -0.2) is 9.37 Å². The van der Waals surface area contributed by atoms with Crippen LogP contribution in [0, 0.1) is 17.7 Å². The average molecular weight is 210 g/mol. The molecule has 82 valence electrons. The Morgan fingerprint density at radius 2 is 2.33 bits per heavy atom. The summed E-state index contributed by atoms with van der Waals surface area (Å²) in [5, 5.41) is 5.79. The van der Waals surface area contributed by atoms with Crippen molar-refractivity contribution >= 4 is 11.8 Å². The number of hydrogen-bond acceptors (Lipinski definition) is 4. The van der Waals surface area contributed by atoms with Gasteiger partial charge < -0.3 is 10.6 Å². The fourth-order valence-corrected chi connectivity index (χ4v) is 1.52. The summed E-state index contributed by atoms with van der Waals surface area (Å²) in [4.78, 5) is 7.79. The highest BCUT2D eigenvalue weighted by Crippen LogP contribution is 2.37. The SMILES string of the molecule is CNc1ncc(F)c(NCC2CC2C)n1. The highest BCUT2D eigenvalue weighted by Gasteiger charge is 2.32. The first kappa shape index (κ1) is 10.1. The Labute approximate surface area is 88.3 Å². The van der Waals surface area contributed by atoms with Crippen molar-refractivity contribution in [3.63, 3.8) is 0 Å². The number of nitrogens with zero attached hydrogens (tertiary/aromatic N) is 2. The van der Waals surface area contributed by atoms with Crippen LogP contribution in [-0.4, -0.2) is 23.6 Å². The quantitative estimate of drug-likeness (QED) is 0.794. The second-order valence-electron chi connectivity index (χ2n) is 3.99. The third-order valence-electron chi connectivity index (χ3n) is 2.78. The lowest BCUT2D eigenvalue weighted by Crippen LogP contribution is -2.09. The van der Waals surface area contributed by atoms with E-state index in [2.05, 4.69) is 27.5 Å². The van der Waals surface area contributed by atoms with E-state index in [9.17, 15) is 4.39 Å². The molecule has 0 saturated heterocycles. The Bertz CT molecular complexity index is 355. The Hall–Kier alpha value is -1.39. The molecule has 0 aromatic carbocycles. The van der Waals surface area contributed by atoms with Gasteiger partial charge in [-0.2, -0.15) is 4.98 Å². The lowest BCUT2D eigenvalue weighted by molar-refractivity contribution is 0.615. The molecule has 1 aliphatic carbocycles. The van der Waals surface area contributed by atoms with Crippen LogP contribution in [0.15, 0.2) is 6.20 Å². The molecule has 2 unspecified atom stereocenters. The fourth-order valence-electron chi connectivity index (χ4n) is 1.52. The van der Waals surface area contributed by atoms with Crippen molar-refractivity contribution in [3.8, 4) is 0 Å². The lowest BCUT2D eigenvalue weighted by atomic mass is 10.3. The summed E-state index contributed by atoms with van der Waals surface area (Å²) in [6.45, 7) is 2.99. The fraction of sp³-hybridized carbons (Fsp3) is 0.600. The molecule has 1 fully saturated rings. The molecule has 4 nitrogen and oxygen atoms in total. The maximum Gasteiger partial charge on any atom is 0.224 e. The van der Waals surface area contributed by atoms with Crippen LogP contribution in [0.25, 0.3) is 0 Å². The molecule has 0 bridgehead atoms. The van der Waals surface area contributed by atoms with Crippen LogP contribution in [0.1, 0.15) is 13.3 Å². The van der Waals surface area contributed by atoms with Gasteiger partial charge in [0.25, 0.3) is 0 Å². The first-order chi connectivity index (χ1) is 7.20. The molecule has 2 rings (SSSR count). The van der Waals surface area contributed by atoms with Crippen LogP contribution < -0.4 is 10.6 Å². The predicted molar refractivity (Wildman–Crippen MR) is 57.3 cm³/mol. The maximum absolute atomic E-state index is 13.3. The highest BCUT2D eigenvalue weighted by molar-refractivity contribution is 5.40. The molecule has 1 heterocycles. The summed E-state index contributed by atoms with van der Waals surface area (Å²) in [7, 11) is 1.71. The molecule has 0 aliphatic heterocycles. The maximum atomic E-state index is 13.3. The van der Waals surface area contributed by atoms with Crippen molar-refractivity contribution in [2.75, 3.05) is 24.2 Å². The molecule has 2 N–H and O–H groups in total. The Balaban J connectivity index is 1.99. The van der Waals surface area contributed by atoms with E-state index < -0.39 is 5.82 Å². The van der Waals surface area contributed by atoms with E-state index in [1.807, 2.05) is 0 Å². The van der Waals surface area contributed by atoms with Crippen molar-refractivity contribution in [2.45, 2.75) is 13.3 Å². The Morgan fingerprint density at radius 1 is 1.60 bits per heavy atom. The van der Waals surface area contributed by atoms with Gasteiger partial charge in [0.1, 0.15) is 0 Å². The minimum Gasteiger partial charge on any atom is -0.367 e. The van der Waals surface area contributed by atoms with Crippen molar-refractivity contribution in [2.24, 2.45) is 11.8 Å². The second kappa shape index (κ2) is 4.00. The molecule has 0 radical (unpaired) electrons. The van der Waals surface area contributed by atoms with Gasteiger partial charge >= 0.3 is 0 Å². The van der Waals surface area contributed by atoms with Gasteiger partial charge in [0.05, 0.1) is 6.20 Å². The first-order valence-electron chi connectivity index (χ1n) is 5.15. The van der Waals surface area contributed by atoms with Gasteiger partial charge in [-0.05, 0) is 18.3 Å². The van der Waals surface area contributed by atoms with Gasteiger partial charge in [-0.1, -0.05) is 6.92 Å². The number of halogens is 1. The smallest absolute Gasteiger partial charge is 0.224 e. The molecule has 1 aromatic heterocycles. The van der Waals surface area contributed by atoms with Gasteiger partial charge in [0, 0.05) is 13.6 Å². The van der Waals surface area contributed by atoms with Gasteiger partial charge in [-0.3, -0.25) is 0 Å². The molecular formula is C10H15FN4. The summed E-state index contributed by atoms with van der Waals surface area (Å²) < 4.78 is 13.3. The zero-order chi connectivity index (χ0) is 10.8. The van der Waals surface area contributed by atoms with Crippen molar-refractivity contribution in [1.82, 2.24) is 9.97 Å². The van der Waals surface area contributed by atoms with Gasteiger partial charge in [-0.15, -0.1) is 0 Å². The highest BCUT2D eigenvalue weighted by atomic mass is 19.1. The molecule has 0 amide bonds. The van der Waals surface area contributed by atoms with Crippen LogP contribution in [0.4, 0.5) is 16.2 Å². The molecule has 1 aromatic rings. The van der Waals surface area contributed by atoms with Crippen LogP contribution in [0.2, 0.25) is 0 Å². The molecule has 15 heavy (non-hydrogen) atoms. The summed E-state index contributed by atoms with van der Waals surface area (Å²) in [6, 6.07) is 0. The van der Waals surface area contributed by atoms with E-state index in [4.69, 9.17) is 0 Å². The van der Waals surface area contributed by atoms with Gasteiger partial charge in [0.2, 0.25) is 5.95 Å². The van der Waals surface area contributed by atoms with Crippen LogP contribution in [0.5, 0.6) is 0 Å². The second-order valence-corrected chi connectivity index (χ2v) is 3.99. The van der Waals surface area contributed by atoms with E-state index in [0.29, 0.717) is 11.9 Å². The zero-order valence-corrected chi connectivity index (χ0v) is 8.92. The zero-order valence-electron chi connectivity index (χ0n) is 8.92. The number of anilines is 2. The topological polar surface area (TPSA) is 49.8 Å². The molecule has 2 atom stereocenters. The van der Waals surface area contributed by atoms with Crippen LogP contribution >= 0.6 is 0 Å². The van der Waals surface area contributed by atoms with Crippen molar-refractivity contribution in [1.29, 1.82) is 0 Å². The van der Waals surface area contributed by atoms with Crippen LogP contribution in [-0.2, 0) is 0 Å². The van der Waals surface area contributed by atoms with E-state index in [1.165, 1.54) is 12.6 Å². The summed E-state index contributed by atoms with van der Waals surface area (Å²) in [5.74, 6) is 1.74. The average Bonchev–Trinajstić information content (AvgIpc) is 2.94. The van der Waals surface area contributed by atoms with Crippen molar-refractivity contribution in [3.05, 3.63) is 12.0 Å². The molecule has 1 saturated carbocycles. The molecular weight excluding hydrogens is 195 g/mol. The standard InChI is InChI=1S/C10H15FN4/c1-6-3-7(6)4-13-9-8(11)5-14-10(12-2)15-9/h5-7H,3-4H2,1-2H3,(H2,12,13,14,15). The van der Waals surface area contributed by atoms with Crippen molar-refractivity contribution < 1.29 is 4.39 Å². The van der Waals surface area contributed by atoms with E-state index in [0.717, 1.165) is 12.5 Å². The molecule has 1 aliphatic rings.